The summed E-state index contributed by atoms with van der Waals surface area (Å²) in [6.45, 7) is 8.29. The number of aromatic nitrogens is 3. The van der Waals surface area contributed by atoms with Crippen LogP contribution in [0.25, 0.3) is 65.2 Å². The zero-order valence-electron chi connectivity index (χ0n) is 35.2. The Balaban J connectivity index is 0.000000138. The molecule has 3 heterocycles. The number of hydrogen-bond acceptors (Lipinski definition) is 6. The number of anilines is 3. The highest BCUT2D eigenvalue weighted by Crippen LogP contribution is 2.40. The number of aryl methyl sites for hydroxylation is 4. The number of benzene rings is 8. The summed E-state index contributed by atoms with van der Waals surface area (Å²) in [6.07, 6.45) is 0. The minimum atomic E-state index is 0.786. The topological polar surface area (TPSA) is 73.2 Å². The Morgan fingerprint density at radius 1 is 0.556 bits per heavy atom. The van der Waals surface area contributed by atoms with Gasteiger partial charge in [-0.15, -0.1) is 0 Å². The number of thiazole rings is 1. The number of aliphatic imine (C=N–C) groups is 1. The molecule has 0 saturated carbocycles. The van der Waals surface area contributed by atoms with Crippen LogP contribution in [0.5, 0.6) is 0 Å². The van der Waals surface area contributed by atoms with Crippen molar-refractivity contribution in [1.82, 2.24) is 14.1 Å². The molecule has 308 valence electrons. The van der Waals surface area contributed by atoms with Crippen molar-refractivity contribution in [2.45, 2.75) is 27.7 Å². The van der Waals surface area contributed by atoms with Gasteiger partial charge in [-0.05, 0) is 127 Å². The zero-order chi connectivity index (χ0) is 43.6. The molecule has 0 unspecified atom stereocenters. The van der Waals surface area contributed by atoms with Crippen molar-refractivity contribution in [3.05, 3.63) is 197 Å². The maximum absolute atomic E-state index is 5.68. The molecular weight excluding hydrogens is 877 g/mol. The summed E-state index contributed by atoms with van der Waals surface area (Å²) in [6, 6.07) is 58.9. The summed E-state index contributed by atoms with van der Waals surface area (Å²) in [5.41, 5.74) is 21.1. The fourth-order valence-electron chi connectivity index (χ4n) is 8.32. The molecule has 11 rings (SSSR count). The number of para-hydroxylation sites is 8. The minimum Gasteiger partial charge on any atom is -0.398 e. The van der Waals surface area contributed by atoms with Crippen molar-refractivity contribution in [3.8, 4) is 11.4 Å². The lowest BCUT2D eigenvalue weighted by Gasteiger charge is -2.11. The molecule has 0 fully saturated rings. The first-order valence-electron chi connectivity index (χ1n) is 20.6. The monoisotopic (exact) mass is 918 g/mol. The van der Waals surface area contributed by atoms with Gasteiger partial charge in [0.1, 0.15) is 11.2 Å². The van der Waals surface area contributed by atoms with E-state index in [0.717, 1.165) is 65.7 Å². The maximum atomic E-state index is 5.68. The van der Waals surface area contributed by atoms with Crippen molar-refractivity contribution in [2.24, 2.45) is 4.99 Å². The Kier molecular flexibility index (Phi) is 11.8. The molecule has 11 aromatic rings. The smallest absolute Gasteiger partial charge is 0.188 e. The second kappa shape index (κ2) is 17.8. The minimum absolute atomic E-state index is 0.786. The summed E-state index contributed by atoms with van der Waals surface area (Å²) in [4.78, 5) is 9.32. The molecule has 0 aliphatic carbocycles. The fourth-order valence-corrected chi connectivity index (χ4v) is 9.75. The van der Waals surface area contributed by atoms with Crippen LogP contribution >= 0.6 is 39.5 Å². The molecular formula is C54H43BrN6S2. The first-order valence-corrected chi connectivity index (χ1v) is 22.6. The van der Waals surface area contributed by atoms with Crippen LogP contribution in [0.4, 0.5) is 22.2 Å². The molecule has 0 aliphatic rings. The number of nitrogens with one attached hydrogen (secondary N) is 1. The first-order chi connectivity index (χ1) is 30.7. The van der Waals surface area contributed by atoms with Crippen LogP contribution in [-0.4, -0.2) is 19.3 Å². The average molecular weight is 920 g/mol. The number of nitrogens with two attached hydrogens (primary N) is 1. The van der Waals surface area contributed by atoms with Crippen LogP contribution in [0.3, 0.4) is 0 Å². The van der Waals surface area contributed by atoms with Crippen molar-refractivity contribution in [1.29, 1.82) is 0 Å². The third-order valence-corrected chi connectivity index (χ3v) is 13.1. The number of thiocarbonyl (C=S) groups is 1. The number of nitrogens with zero attached hydrogens (tertiary/aromatic N) is 4. The van der Waals surface area contributed by atoms with E-state index in [4.69, 9.17) is 22.9 Å². The molecule has 0 atom stereocenters. The molecule has 3 aromatic heterocycles. The molecule has 0 aliphatic heterocycles. The molecule has 3 N–H and O–H groups in total. The normalized spacial score (nSPS) is 11.0. The molecule has 63 heavy (non-hydrogen) atoms. The predicted molar refractivity (Wildman–Crippen MR) is 277 cm³/mol. The second-order valence-corrected chi connectivity index (χ2v) is 17.5. The summed E-state index contributed by atoms with van der Waals surface area (Å²) in [5, 5.41) is 12.0. The van der Waals surface area contributed by atoms with Gasteiger partial charge in [0, 0.05) is 37.4 Å². The Morgan fingerprint density at radius 3 is 1.48 bits per heavy atom. The van der Waals surface area contributed by atoms with Crippen LogP contribution in [-0.2, 0) is 0 Å². The highest BCUT2D eigenvalue weighted by molar-refractivity contribution is 9.10. The van der Waals surface area contributed by atoms with E-state index in [1.165, 1.54) is 48.4 Å². The van der Waals surface area contributed by atoms with Gasteiger partial charge in [-0.2, -0.15) is 4.99 Å². The zero-order valence-corrected chi connectivity index (χ0v) is 38.4. The Hall–Kier alpha value is -6.87. The molecule has 0 bridgehead atoms. The molecule has 9 heteroatoms. The third-order valence-electron chi connectivity index (χ3n) is 11.4. The lowest BCUT2D eigenvalue weighted by Crippen LogP contribution is -1.96. The van der Waals surface area contributed by atoms with Crippen molar-refractivity contribution < 1.29 is 0 Å². The molecule has 8 aromatic carbocycles. The van der Waals surface area contributed by atoms with Gasteiger partial charge in [0.05, 0.1) is 43.3 Å². The molecule has 0 spiro atoms. The van der Waals surface area contributed by atoms with E-state index in [9.17, 15) is 0 Å². The second-order valence-electron chi connectivity index (χ2n) is 15.4. The summed E-state index contributed by atoms with van der Waals surface area (Å²) < 4.78 is 6.64. The number of halogens is 1. The van der Waals surface area contributed by atoms with Gasteiger partial charge in [0.25, 0.3) is 0 Å². The molecule has 0 radical (unpaired) electrons. The van der Waals surface area contributed by atoms with E-state index in [1.807, 2.05) is 44.2 Å². The standard InChI is InChI=1S/C27H21N3S.C19H11BrN2S.C8H11N/c1-17-9-7-10-18(2)25(17)28-27-29-26-23(15-8-16-24(26)31-27)30-21-13-5-3-11-19(21)20-12-4-6-14-22(20)30;20-15-8-5-11-18(19(15)21-12-23)22-16-9-3-1-6-13(16)14-7-2-4-10-17(14)22;1-6-4-3-5-7(2)8(6)9/h3-16H,1-2H3,(H,28,29);1-11H;3-5H,9H2,1-2H3. The quantitative estimate of drug-likeness (QED) is 0.102. The highest BCUT2D eigenvalue weighted by Gasteiger charge is 2.18. The fraction of sp³-hybridized carbons (Fsp3) is 0.0741. The maximum Gasteiger partial charge on any atom is 0.188 e. The van der Waals surface area contributed by atoms with Gasteiger partial charge >= 0.3 is 0 Å². The van der Waals surface area contributed by atoms with E-state index < -0.39 is 0 Å². The first kappa shape index (κ1) is 41.5. The van der Waals surface area contributed by atoms with E-state index in [0.29, 0.717) is 0 Å². The lowest BCUT2D eigenvalue weighted by molar-refractivity contribution is 1.17. The molecule has 0 amide bonds. The molecule has 6 nitrogen and oxygen atoms in total. The number of hydrogen-bond donors (Lipinski definition) is 2. The number of fused-ring (bicyclic) bond motifs is 7. The SMILES string of the molecule is Cc1cccc(C)c1N.Cc1cccc(C)c1Nc1nc2c(-n3c4ccccc4c4ccccc43)cccc2s1.S=C=Nc1c(Br)cccc1-n1c2ccccc2c2ccccc21. The summed E-state index contributed by atoms with van der Waals surface area (Å²) in [5.74, 6) is 0. The van der Waals surface area contributed by atoms with Gasteiger partial charge in [-0.3, -0.25) is 0 Å². The molecule has 0 saturated heterocycles. The van der Waals surface area contributed by atoms with Crippen LogP contribution in [0.15, 0.2) is 179 Å². The van der Waals surface area contributed by atoms with Gasteiger partial charge in [0.2, 0.25) is 0 Å². The highest BCUT2D eigenvalue weighted by atomic mass is 79.9. The van der Waals surface area contributed by atoms with Crippen molar-refractivity contribution >= 4 is 121 Å². The van der Waals surface area contributed by atoms with Crippen LogP contribution in [0.1, 0.15) is 22.3 Å². The number of isothiocyanates is 1. The van der Waals surface area contributed by atoms with E-state index in [1.54, 1.807) is 11.3 Å². The van der Waals surface area contributed by atoms with Crippen LogP contribution in [0, 0.1) is 27.7 Å². The lowest BCUT2D eigenvalue weighted by atomic mass is 10.1. The largest absolute Gasteiger partial charge is 0.398 e. The summed E-state index contributed by atoms with van der Waals surface area (Å²) in [7, 11) is 0. The third kappa shape index (κ3) is 7.93. The Morgan fingerprint density at radius 2 is 0.984 bits per heavy atom. The predicted octanol–water partition coefficient (Wildman–Crippen LogP) is 15.9. The van der Waals surface area contributed by atoms with Gasteiger partial charge in [-0.1, -0.05) is 133 Å². The Labute approximate surface area is 384 Å². The van der Waals surface area contributed by atoms with Crippen LogP contribution in [0.2, 0.25) is 0 Å². The van der Waals surface area contributed by atoms with Gasteiger partial charge < -0.3 is 20.2 Å². The summed E-state index contributed by atoms with van der Waals surface area (Å²) >= 11 is 10.1. The average Bonchev–Trinajstić information content (AvgIpc) is 3.98. The van der Waals surface area contributed by atoms with E-state index in [-0.39, 0.29) is 0 Å². The number of nitrogen functional groups attached to an aromatic ring is 1. The Bertz CT molecular complexity index is 3390. The van der Waals surface area contributed by atoms with E-state index >= 15 is 0 Å². The van der Waals surface area contributed by atoms with Crippen molar-refractivity contribution in [3.63, 3.8) is 0 Å². The van der Waals surface area contributed by atoms with Gasteiger partial charge in [0.15, 0.2) is 5.13 Å². The van der Waals surface area contributed by atoms with Crippen molar-refractivity contribution in [2.75, 3.05) is 11.1 Å². The van der Waals surface area contributed by atoms with E-state index in [2.05, 4.69) is 194 Å². The van der Waals surface area contributed by atoms with Gasteiger partial charge in [-0.25, -0.2) is 4.98 Å². The number of rotatable bonds is 5. The van der Waals surface area contributed by atoms with Crippen LogP contribution < -0.4 is 11.1 Å².